The van der Waals surface area contributed by atoms with E-state index >= 15 is 0 Å². The molecule has 1 aliphatic rings. The molecule has 0 N–H and O–H groups in total. The first-order valence-electron chi connectivity index (χ1n) is 6.80. The molecule has 0 spiro atoms. The molecule has 0 bridgehead atoms. The van der Waals surface area contributed by atoms with Crippen molar-refractivity contribution in [2.24, 2.45) is 0 Å². The van der Waals surface area contributed by atoms with Crippen molar-refractivity contribution in [2.45, 2.75) is 6.92 Å². The summed E-state index contributed by atoms with van der Waals surface area (Å²) in [6.07, 6.45) is 4.17. The number of anilines is 1. The minimum atomic E-state index is 0.856. The van der Waals surface area contributed by atoms with Gasteiger partial charge in [0.15, 0.2) is 5.58 Å². The van der Waals surface area contributed by atoms with Crippen molar-refractivity contribution in [1.29, 1.82) is 0 Å². The van der Waals surface area contributed by atoms with Crippen LogP contribution in [-0.2, 0) is 0 Å². The van der Waals surface area contributed by atoms with Crippen LogP contribution in [0.2, 0.25) is 0 Å². The largest absolute Gasteiger partial charge is 0.454 e. The Balaban J connectivity index is 2.01. The number of hydrogen-bond donors (Lipinski definition) is 0. The highest BCUT2D eigenvalue weighted by atomic mass is 16.3. The van der Waals surface area contributed by atoms with Crippen molar-refractivity contribution in [2.75, 3.05) is 18.6 Å². The third kappa shape index (κ3) is 1.53. The van der Waals surface area contributed by atoms with Gasteiger partial charge in [0.25, 0.3) is 0 Å². The molecule has 1 aromatic heterocycles. The SMILES string of the molecule is Cc1cccc2c1oc1c(N3C=CN(C)C3)cccc12. The molecule has 3 heteroatoms. The van der Waals surface area contributed by atoms with Crippen LogP contribution in [0.4, 0.5) is 5.69 Å². The summed E-state index contributed by atoms with van der Waals surface area (Å²) < 4.78 is 6.17. The zero-order valence-electron chi connectivity index (χ0n) is 11.6. The highest BCUT2D eigenvalue weighted by molar-refractivity contribution is 6.09. The first-order valence-corrected chi connectivity index (χ1v) is 6.80. The Labute approximate surface area is 117 Å². The normalized spacial score (nSPS) is 14.9. The van der Waals surface area contributed by atoms with E-state index in [1.807, 2.05) is 0 Å². The van der Waals surface area contributed by atoms with Crippen LogP contribution in [0, 0.1) is 6.92 Å². The molecule has 0 fully saturated rings. The topological polar surface area (TPSA) is 19.6 Å². The van der Waals surface area contributed by atoms with Crippen LogP contribution < -0.4 is 4.90 Å². The van der Waals surface area contributed by atoms with Gasteiger partial charge in [-0.05, 0) is 18.6 Å². The van der Waals surface area contributed by atoms with Crippen molar-refractivity contribution in [3.8, 4) is 0 Å². The summed E-state index contributed by atoms with van der Waals surface area (Å²) in [6.45, 7) is 2.95. The Bertz CT molecular complexity index is 831. The number of para-hydroxylation sites is 2. The minimum Gasteiger partial charge on any atom is -0.454 e. The van der Waals surface area contributed by atoms with E-state index in [-0.39, 0.29) is 0 Å². The average molecular weight is 264 g/mol. The van der Waals surface area contributed by atoms with Gasteiger partial charge in [-0.25, -0.2) is 0 Å². The molecular weight excluding hydrogens is 248 g/mol. The second-order valence-corrected chi connectivity index (χ2v) is 5.37. The lowest BCUT2D eigenvalue weighted by Gasteiger charge is -2.18. The third-order valence-electron chi connectivity index (χ3n) is 3.89. The molecule has 3 aromatic rings. The third-order valence-corrected chi connectivity index (χ3v) is 3.89. The first kappa shape index (κ1) is 11.4. The highest BCUT2D eigenvalue weighted by Crippen LogP contribution is 2.36. The van der Waals surface area contributed by atoms with Gasteiger partial charge >= 0.3 is 0 Å². The quantitative estimate of drug-likeness (QED) is 0.660. The molecule has 0 saturated heterocycles. The maximum atomic E-state index is 6.17. The van der Waals surface area contributed by atoms with Crippen molar-refractivity contribution in [1.82, 2.24) is 4.90 Å². The summed E-state index contributed by atoms with van der Waals surface area (Å²) >= 11 is 0. The molecule has 0 radical (unpaired) electrons. The van der Waals surface area contributed by atoms with Gasteiger partial charge in [0.2, 0.25) is 0 Å². The summed E-state index contributed by atoms with van der Waals surface area (Å²) in [5.41, 5.74) is 4.26. The van der Waals surface area contributed by atoms with Crippen LogP contribution in [0.5, 0.6) is 0 Å². The minimum absolute atomic E-state index is 0.856. The van der Waals surface area contributed by atoms with E-state index in [1.54, 1.807) is 0 Å². The summed E-state index contributed by atoms with van der Waals surface area (Å²) in [4.78, 5) is 4.35. The Morgan fingerprint density at radius 1 is 0.950 bits per heavy atom. The average Bonchev–Trinajstić information content (AvgIpc) is 3.03. The molecule has 100 valence electrons. The lowest BCUT2D eigenvalue weighted by atomic mass is 10.1. The summed E-state index contributed by atoms with van der Waals surface area (Å²) in [5, 5.41) is 2.38. The Hall–Kier alpha value is -2.42. The number of fused-ring (bicyclic) bond motifs is 3. The lowest BCUT2D eigenvalue weighted by Crippen LogP contribution is -2.21. The number of benzene rings is 2. The fraction of sp³-hybridized carbons (Fsp3) is 0.176. The van der Waals surface area contributed by atoms with E-state index in [2.05, 4.69) is 72.6 Å². The molecule has 2 aromatic carbocycles. The number of rotatable bonds is 1. The van der Waals surface area contributed by atoms with Gasteiger partial charge in [0, 0.05) is 30.2 Å². The number of hydrogen-bond acceptors (Lipinski definition) is 3. The first-order chi connectivity index (χ1) is 9.74. The van der Waals surface area contributed by atoms with Crippen molar-refractivity contribution < 1.29 is 4.42 Å². The number of nitrogens with zero attached hydrogens (tertiary/aromatic N) is 2. The predicted molar refractivity (Wildman–Crippen MR) is 82.7 cm³/mol. The van der Waals surface area contributed by atoms with Crippen molar-refractivity contribution in [3.05, 3.63) is 54.4 Å². The number of furan rings is 1. The van der Waals surface area contributed by atoms with Gasteiger partial charge in [0.05, 0.1) is 12.4 Å². The van der Waals surface area contributed by atoms with Crippen LogP contribution >= 0.6 is 0 Å². The van der Waals surface area contributed by atoms with Crippen molar-refractivity contribution >= 4 is 27.6 Å². The van der Waals surface area contributed by atoms with Gasteiger partial charge < -0.3 is 14.2 Å². The second kappa shape index (κ2) is 4.04. The maximum Gasteiger partial charge on any atom is 0.159 e. The van der Waals surface area contributed by atoms with E-state index < -0.39 is 0 Å². The summed E-state index contributed by atoms with van der Waals surface area (Å²) in [5.74, 6) is 0. The molecule has 0 atom stereocenters. The Morgan fingerprint density at radius 3 is 2.45 bits per heavy atom. The van der Waals surface area contributed by atoms with E-state index in [4.69, 9.17) is 4.42 Å². The van der Waals surface area contributed by atoms with Gasteiger partial charge in [0.1, 0.15) is 5.58 Å². The predicted octanol–water partition coefficient (Wildman–Crippen LogP) is 4.07. The van der Waals surface area contributed by atoms with Crippen LogP contribution in [0.25, 0.3) is 21.9 Å². The molecule has 20 heavy (non-hydrogen) atoms. The van der Waals surface area contributed by atoms with Crippen LogP contribution in [0.15, 0.2) is 53.2 Å². The van der Waals surface area contributed by atoms with Crippen LogP contribution in [0.3, 0.4) is 0 Å². The second-order valence-electron chi connectivity index (χ2n) is 5.37. The van der Waals surface area contributed by atoms with E-state index in [0.717, 1.165) is 23.5 Å². The number of aryl methyl sites for hydroxylation is 1. The van der Waals surface area contributed by atoms with Crippen LogP contribution in [0.1, 0.15) is 5.56 Å². The summed E-state index contributed by atoms with van der Waals surface area (Å²) in [7, 11) is 2.07. The van der Waals surface area contributed by atoms with E-state index in [1.165, 1.54) is 16.3 Å². The molecule has 0 unspecified atom stereocenters. The monoisotopic (exact) mass is 264 g/mol. The van der Waals surface area contributed by atoms with E-state index in [9.17, 15) is 0 Å². The fourth-order valence-corrected chi connectivity index (χ4v) is 2.86. The van der Waals surface area contributed by atoms with Crippen LogP contribution in [-0.4, -0.2) is 18.6 Å². The zero-order valence-corrected chi connectivity index (χ0v) is 11.6. The molecular formula is C17H16N2O. The summed E-state index contributed by atoms with van der Waals surface area (Å²) in [6, 6.07) is 12.7. The van der Waals surface area contributed by atoms with Gasteiger partial charge in [-0.1, -0.05) is 30.3 Å². The molecule has 3 nitrogen and oxygen atoms in total. The molecule has 0 saturated carbocycles. The highest BCUT2D eigenvalue weighted by Gasteiger charge is 2.17. The van der Waals surface area contributed by atoms with E-state index in [0.29, 0.717) is 0 Å². The standard InChI is InChI=1S/C17H16N2O/c1-12-5-3-6-13-14-7-4-8-15(17(14)20-16(12)13)19-10-9-18(2)11-19/h3-10H,11H2,1-2H3. The molecule has 2 heterocycles. The van der Waals surface area contributed by atoms with Gasteiger partial charge in [-0.3, -0.25) is 0 Å². The zero-order chi connectivity index (χ0) is 13.7. The molecule has 0 amide bonds. The van der Waals surface area contributed by atoms with Crippen molar-refractivity contribution in [3.63, 3.8) is 0 Å². The molecule has 4 rings (SSSR count). The Kier molecular flexibility index (Phi) is 2.30. The van der Waals surface area contributed by atoms with Gasteiger partial charge in [-0.2, -0.15) is 0 Å². The smallest absolute Gasteiger partial charge is 0.159 e. The Morgan fingerprint density at radius 2 is 1.70 bits per heavy atom. The van der Waals surface area contributed by atoms with Gasteiger partial charge in [-0.15, -0.1) is 0 Å². The molecule has 1 aliphatic heterocycles. The molecule has 0 aliphatic carbocycles. The lowest BCUT2D eigenvalue weighted by molar-refractivity contribution is 0.495. The maximum absolute atomic E-state index is 6.17. The fourth-order valence-electron chi connectivity index (χ4n) is 2.86.